The average Bonchev–Trinajstić information content (AvgIpc) is 1.61. The third kappa shape index (κ3) is 24.1. The van der Waals surface area contributed by atoms with Gasteiger partial charge in [-0.05, 0) is 133 Å². The number of benzene rings is 8. The van der Waals surface area contributed by atoms with Crippen molar-refractivity contribution < 1.29 is 0 Å². The van der Waals surface area contributed by atoms with Gasteiger partial charge in [0.1, 0.15) is 0 Å². The minimum atomic E-state index is 0.151. The van der Waals surface area contributed by atoms with E-state index in [9.17, 15) is 0 Å². The summed E-state index contributed by atoms with van der Waals surface area (Å²) in [5.74, 6) is 0. The number of pyridine rings is 2. The molecule has 0 radical (unpaired) electrons. The number of para-hydroxylation sites is 3. The second-order valence-electron chi connectivity index (χ2n) is 21.1. The molecule has 2 aliphatic rings. The lowest BCUT2D eigenvalue weighted by Crippen LogP contribution is -2.14. The van der Waals surface area contributed by atoms with E-state index < -0.39 is 0 Å². The minimum absolute atomic E-state index is 0.151. The smallest absolute Gasteiger partial charge is 0.0491 e. The van der Waals surface area contributed by atoms with E-state index in [1.54, 1.807) is 12.4 Å². The number of hydrogen-bond acceptors (Lipinski definition) is 2. The van der Waals surface area contributed by atoms with Crippen LogP contribution < -0.4 is 0 Å². The van der Waals surface area contributed by atoms with Crippen molar-refractivity contribution in [2.45, 2.75) is 212 Å². The summed E-state index contributed by atoms with van der Waals surface area (Å²) in [4.78, 5) is 7.86. The molecule has 4 aromatic heterocycles. The molecular formula is C91H130N4. The highest BCUT2D eigenvalue weighted by Gasteiger charge is 2.36. The van der Waals surface area contributed by atoms with Gasteiger partial charge in [0.25, 0.3) is 0 Å². The van der Waals surface area contributed by atoms with Crippen molar-refractivity contribution in [2.75, 3.05) is 0 Å². The third-order valence-electron chi connectivity index (χ3n) is 15.0. The zero-order chi connectivity index (χ0) is 72.9. The van der Waals surface area contributed by atoms with E-state index in [1.165, 1.54) is 110 Å². The van der Waals surface area contributed by atoms with Crippen LogP contribution in [-0.2, 0) is 24.9 Å². The summed E-state index contributed by atoms with van der Waals surface area (Å²) >= 11 is 0. The number of aromatic nitrogens is 4. The van der Waals surface area contributed by atoms with Gasteiger partial charge in [-0.25, -0.2) is 0 Å². The lowest BCUT2D eigenvalue weighted by Gasteiger charge is -2.21. The van der Waals surface area contributed by atoms with Crippen molar-refractivity contribution in [3.63, 3.8) is 0 Å². The van der Waals surface area contributed by atoms with Crippen LogP contribution in [0.5, 0.6) is 0 Å². The van der Waals surface area contributed by atoms with Crippen LogP contribution in [0.2, 0.25) is 0 Å². The fraction of sp³-hybridized carbons (Fsp3) is 0.363. The summed E-state index contributed by atoms with van der Waals surface area (Å²) < 4.78 is 4.50. The van der Waals surface area contributed by atoms with Crippen molar-refractivity contribution in [1.82, 2.24) is 19.1 Å². The first-order chi connectivity index (χ1) is 46.1. The Labute approximate surface area is 582 Å². The average molecular weight is 1280 g/mol. The number of nitrogens with zero attached hydrogens (tertiary/aromatic N) is 4. The number of hydrogen-bond donors (Lipinski definition) is 0. The molecular weight excluding hydrogens is 1150 g/mol. The summed E-state index contributed by atoms with van der Waals surface area (Å²) in [6.45, 7) is 59.7. The van der Waals surface area contributed by atoms with E-state index in [0.29, 0.717) is 0 Å². The lowest BCUT2D eigenvalue weighted by molar-refractivity contribution is 0.660. The molecule has 95 heavy (non-hydrogen) atoms. The molecule has 514 valence electrons. The quantitative estimate of drug-likeness (QED) is 0.152. The molecule has 0 atom stereocenters. The highest BCUT2D eigenvalue weighted by Crippen LogP contribution is 2.50. The maximum absolute atomic E-state index is 3.98. The van der Waals surface area contributed by atoms with Gasteiger partial charge in [-0.1, -0.05) is 341 Å². The van der Waals surface area contributed by atoms with Crippen molar-refractivity contribution in [1.29, 1.82) is 0 Å². The molecule has 4 heteroatoms. The molecule has 8 aromatic carbocycles. The summed E-state index contributed by atoms with van der Waals surface area (Å²) in [6, 6.07) is 73.1. The first-order valence-electron chi connectivity index (χ1n) is 36.2. The Morgan fingerprint density at radius 3 is 1.02 bits per heavy atom. The van der Waals surface area contributed by atoms with Crippen LogP contribution in [0, 0.1) is 34.6 Å². The first-order valence-corrected chi connectivity index (χ1v) is 36.2. The van der Waals surface area contributed by atoms with E-state index >= 15 is 0 Å². The normalized spacial score (nSPS) is 10.6. The van der Waals surface area contributed by atoms with Gasteiger partial charge in [0, 0.05) is 92.8 Å². The van der Waals surface area contributed by atoms with E-state index in [2.05, 4.69) is 258 Å². The molecule has 0 spiro atoms. The highest BCUT2D eigenvalue weighted by atomic mass is 14.9. The van der Waals surface area contributed by atoms with Gasteiger partial charge in [0.2, 0.25) is 0 Å². The fourth-order valence-electron chi connectivity index (χ4n) is 10.9. The predicted octanol–water partition coefficient (Wildman–Crippen LogP) is 28.6. The molecule has 0 aliphatic heterocycles. The molecule has 2 aliphatic carbocycles. The second-order valence-corrected chi connectivity index (χ2v) is 21.1. The Hall–Kier alpha value is -8.34. The SMILES string of the molecule is CC.CC.CC.CC.CC.CC.CC.CC.CC.CC.Cc1ccc2c(c1)-c1ccccc1C2(C)C.Cc1ccc2c(c1)C(C)(C)c1ccccc1-2.Cc1ccc2c3ccccc3n(C)c2c1.Cc1ccccn1.Cc1cccnc1.Cn1c2ccccc2c2ccccc21. The van der Waals surface area contributed by atoms with Crippen LogP contribution >= 0.6 is 0 Å². The fourth-order valence-corrected chi connectivity index (χ4v) is 10.9. The molecule has 4 nitrogen and oxygen atoms in total. The largest absolute Gasteiger partial charge is 0.344 e. The summed E-state index contributed by atoms with van der Waals surface area (Å²) in [6.07, 6.45) is 5.39. The third-order valence-corrected chi connectivity index (χ3v) is 15.0. The van der Waals surface area contributed by atoms with Gasteiger partial charge in [-0.3, -0.25) is 9.97 Å². The molecule has 0 saturated carbocycles. The minimum Gasteiger partial charge on any atom is -0.344 e. The molecule has 0 bridgehead atoms. The zero-order valence-electron chi connectivity index (χ0n) is 65.7. The van der Waals surface area contributed by atoms with Gasteiger partial charge in [-0.2, -0.15) is 0 Å². The summed E-state index contributed by atoms with van der Waals surface area (Å²) in [7, 11) is 4.24. The second kappa shape index (κ2) is 49.2. The first kappa shape index (κ1) is 88.7. The van der Waals surface area contributed by atoms with Gasteiger partial charge < -0.3 is 9.13 Å². The van der Waals surface area contributed by atoms with Crippen molar-refractivity contribution in [3.8, 4) is 22.3 Å². The van der Waals surface area contributed by atoms with Crippen LogP contribution in [0.15, 0.2) is 225 Å². The van der Waals surface area contributed by atoms with Crippen molar-refractivity contribution >= 4 is 43.6 Å². The number of rotatable bonds is 0. The van der Waals surface area contributed by atoms with Crippen molar-refractivity contribution in [3.05, 3.63) is 275 Å². The van der Waals surface area contributed by atoms with Gasteiger partial charge in [0.05, 0.1) is 0 Å². The predicted molar refractivity (Wildman–Crippen MR) is 435 cm³/mol. The van der Waals surface area contributed by atoms with Crippen molar-refractivity contribution in [2.24, 2.45) is 14.1 Å². The molecule has 0 saturated heterocycles. The Morgan fingerprint density at radius 2 is 0.611 bits per heavy atom. The molecule has 14 rings (SSSR count). The molecule has 4 heterocycles. The van der Waals surface area contributed by atoms with Gasteiger partial charge in [-0.15, -0.1) is 0 Å². The van der Waals surface area contributed by atoms with E-state index in [4.69, 9.17) is 0 Å². The molecule has 12 aromatic rings. The number of aryl methyl sites for hydroxylation is 7. The zero-order valence-corrected chi connectivity index (χ0v) is 65.7. The number of fused-ring (bicyclic) bond motifs is 12. The Bertz CT molecular complexity index is 3820. The van der Waals surface area contributed by atoms with Gasteiger partial charge in [0.15, 0.2) is 0 Å². The standard InChI is InChI=1S/2C16H16.C14H13N.C13H11N.2C6H7N.10C2H6/c1-11-8-9-15-13(10-11)12-6-4-5-7-14(12)16(15,2)3;1-11-8-9-13-12-6-4-5-7-14(12)16(2,3)15(13)10-11;1-10-7-8-12-11-5-3-4-6-13(11)15(2)14(12)9-10;1-14-12-8-4-2-6-10(12)11-7-3-5-9-13(11)14;1-6-3-2-4-7-5-6;1-6-4-2-3-5-7-6;10*1-2/h2*4-10H,1-3H3;3-9H,1-2H3;2-9H,1H3;2*2-5H,1H3;10*1-2H3. The summed E-state index contributed by atoms with van der Waals surface area (Å²) in [5, 5.41) is 5.37. The highest BCUT2D eigenvalue weighted by molar-refractivity contribution is 6.09. The summed E-state index contributed by atoms with van der Waals surface area (Å²) in [5.41, 5.74) is 23.3. The van der Waals surface area contributed by atoms with Crippen LogP contribution in [0.1, 0.15) is 216 Å². The Kier molecular flexibility index (Phi) is 46.0. The topological polar surface area (TPSA) is 35.6 Å². The molecule has 0 amide bonds. The monoisotopic (exact) mass is 1280 g/mol. The molecule has 0 fully saturated rings. The maximum Gasteiger partial charge on any atom is 0.0491 e. The lowest BCUT2D eigenvalue weighted by atomic mass is 9.82. The van der Waals surface area contributed by atoms with Crippen LogP contribution in [0.3, 0.4) is 0 Å². The van der Waals surface area contributed by atoms with Gasteiger partial charge >= 0.3 is 0 Å². The molecule has 0 N–H and O–H groups in total. The maximum atomic E-state index is 3.98. The molecule has 0 unspecified atom stereocenters. The van der Waals surface area contributed by atoms with E-state index in [-0.39, 0.29) is 10.8 Å². The van der Waals surface area contributed by atoms with E-state index in [1.807, 2.05) is 189 Å². The Balaban J connectivity index is 0. The Morgan fingerprint density at radius 1 is 0.263 bits per heavy atom. The van der Waals surface area contributed by atoms with E-state index in [0.717, 1.165) is 5.69 Å². The van der Waals surface area contributed by atoms with Crippen LogP contribution in [0.4, 0.5) is 0 Å². The van der Waals surface area contributed by atoms with Crippen LogP contribution in [0.25, 0.3) is 65.9 Å². The van der Waals surface area contributed by atoms with Crippen LogP contribution in [-0.4, -0.2) is 19.1 Å².